The summed E-state index contributed by atoms with van der Waals surface area (Å²) in [6, 6.07) is 58.7. The monoisotopic (exact) mass is 952 g/mol. The number of carbonyl (C=O) groups is 2. The predicted octanol–water partition coefficient (Wildman–Crippen LogP) is 12.5. The fraction of sp³-hybridized carbons (Fsp3) is 0.138. The van der Waals surface area contributed by atoms with Gasteiger partial charge < -0.3 is 29.6 Å². The zero-order valence-corrected chi connectivity index (χ0v) is 40.3. The third-order valence-corrected chi connectivity index (χ3v) is 12.1. The molecule has 2 N–H and O–H groups in total. The van der Waals surface area contributed by atoms with Gasteiger partial charge in [0.25, 0.3) is 11.8 Å². The Hall–Kier alpha value is -9.30. The Bertz CT molecular complexity index is 3010. The van der Waals surface area contributed by atoms with Crippen molar-refractivity contribution < 1.29 is 18.7 Å². The number of nitrogens with zero attached hydrogens (tertiary/aromatic N) is 10. The van der Waals surface area contributed by atoms with E-state index in [1.165, 1.54) is 0 Å². The van der Waals surface area contributed by atoms with Gasteiger partial charge in [-0.2, -0.15) is 0 Å². The van der Waals surface area contributed by atoms with Gasteiger partial charge in [-0.25, -0.2) is 9.13 Å². The van der Waals surface area contributed by atoms with E-state index in [0.717, 1.165) is 45.5 Å². The molecule has 72 heavy (non-hydrogen) atoms. The molecule has 0 aliphatic rings. The number of aryl methyl sites for hydroxylation is 2. The Morgan fingerprint density at radius 3 is 1.14 bits per heavy atom. The number of hydrogen-bond acceptors (Lipinski definition) is 8. The number of aromatic nitrogens is 4. The smallest absolute Gasteiger partial charge is 0.350 e. The van der Waals surface area contributed by atoms with Crippen LogP contribution in [-0.2, 0) is 13.1 Å². The van der Waals surface area contributed by atoms with Crippen LogP contribution in [0.2, 0.25) is 0 Å². The SMILES string of the molecule is CN(CCC[n+]1ccccc1N=Nc1ccc(Nc2ccc(-n3cccc3)cc2)cc1)C(=O)c1ccc(C(=O)N(C)CCC[n+]2ccccc2N=Nc2ccc(Nc3ccc(-n4cccc4)cc3)cc2)cc1. The summed E-state index contributed by atoms with van der Waals surface area (Å²) in [5, 5.41) is 25.0. The summed E-state index contributed by atoms with van der Waals surface area (Å²) in [7, 11) is 3.59. The van der Waals surface area contributed by atoms with Crippen molar-refractivity contribution in [2.75, 3.05) is 37.8 Å². The quantitative estimate of drug-likeness (QED) is 0.0581. The highest BCUT2D eigenvalue weighted by molar-refractivity contribution is 5.97. The molecule has 0 radical (unpaired) electrons. The van der Waals surface area contributed by atoms with E-state index in [4.69, 9.17) is 0 Å². The van der Waals surface area contributed by atoms with E-state index in [-0.39, 0.29) is 11.8 Å². The number of anilines is 4. The predicted molar refractivity (Wildman–Crippen MR) is 282 cm³/mol. The summed E-state index contributed by atoms with van der Waals surface area (Å²) in [5.41, 5.74) is 8.61. The third-order valence-electron chi connectivity index (χ3n) is 12.1. The van der Waals surface area contributed by atoms with Crippen molar-refractivity contribution >= 4 is 57.6 Å². The first-order valence-electron chi connectivity index (χ1n) is 23.9. The molecule has 0 spiro atoms. The van der Waals surface area contributed by atoms with Crippen LogP contribution in [0, 0.1) is 0 Å². The van der Waals surface area contributed by atoms with E-state index in [1.807, 2.05) is 156 Å². The molecule has 0 unspecified atom stereocenters. The van der Waals surface area contributed by atoms with Crippen LogP contribution < -0.4 is 19.8 Å². The minimum atomic E-state index is -0.111. The van der Waals surface area contributed by atoms with Gasteiger partial charge in [0.05, 0.1) is 35.7 Å². The molecular weight excluding hydrogens is 897 g/mol. The lowest BCUT2D eigenvalue weighted by molar-refractivity contribution is -0.684. The van der Waals surface area contributed by atoms with Crippen molar-refractivity contribution in [2.24, 2.45) is 20.5 Å². The van der Waals surface area contributed by atoms with Crippen molar-refractivity contribution in [3.63, 3.8) is 0 Å². The van der Waals surface area contributed by atoms with Crippen LogP contribution in [-0.4, -0.2) is 57.9 Å². The average molecular weight is 953 g/mol. The van der Waals surface area contributed by atoms with Crippen molar-refractivity contribution in [3.8, 4) is 11.4 Å². The molecular formula is C58H56N12O2+2. The molecule has 0 saturated heterocycles. The van der Waals surface area contributed by atoms with Crippen LogP contribution in [0.25, 0.3) is 11.4 Å². The maximum atomic E-state index is 13.4. The molecule has 0 saturated carbocycles. The first-order valence-corrected chi connectivity index (χ1v) is 23.9. The second-order valence-electron chi connectivity index (χ2n) is 17.3. The maximum absolute atomic E-state index is 13.4. The summed E-state index contributed by atoms with van der Waals surface area (Å²) < 4.78 is 8.20. The van der Waals surface area contributed by atoms with Crippen LogP contribution in [0.4, 0.5) is 45.8 Å². The first-order chi connectivity index (χ1) is 35.3. The molecule has 14 nitrogen and oxygen atoms in total. The molecule has 2 amide bonds. The van der Waals surface area contributed by atoms with Crippen molar-refractivity contribution in [1.29, 1.82) is 0 Å². The minimum absolute atomic E-state index is 0.111. The van der Waals surface area contributed by atoms with Crippen LogP contribution in [0.15, 0.2) is 240 Å². The molecule has 0 atom stereocenters. The summed E-state index contributed by atoms with van der Waals surface area (Å²) in [6.45, 7) is 2.35. The molecule has 9 aromatic rings. The largest absolute Gasteiger partial charge is 0.356 e. The Balaban J connectivity index is 0.700. The molecule has 0 aliphatic carbocycles. The summed E-state index contributed by atoms with van der Waals surface area (Å²) in [6.07, 6.45) is 13.4. The summed E-state index contributed by atoms with van der Waals surface area (Å²) in [4.78, 5) is 30.3. The molecule has 14 heteroatoms. The second kappa shape index (κ2) is 23.3. The van der Waals surface area contributed by atoms with Gasteiger partial charge in [0.15, 0.2) is 0 Å². The molecule has 4 aromatic heterocycles. The fourth-order valence-corrected chi connectivity index (χ4v) is 8.07. The van der Waals surface area contributed by atoms with Gasteiger partial charge in [0.2, 0.25) is 0 Å². The fourth-order valence-electron chi connectivity index (χ4n) is 8.07. The minimum Gasteiger partial charge on any atom is -0.356 e. The molecule has 5 aromatic carbocycles. The lowest BCUT2D eigenvalue weighted by Crippen LogP contribution is -2.36. The van der Waals surface area contributed by atoms with Crippen LogP contribution >= 0.6 is 0 Å². The van der Waals surface area contributed by atoms with Crippen LogP contribution in [0.5, 0.6) is 0 Å². The number of hydrogen-bond donors (Lipinski definition) is 2. The number of azo groups is 2. The van der Waals surface area contributed by atoms with Gasteiger partial charge in [-0.15, -0.1) is 0 Å². The van der Waals surface area contributed by atoms with Gasteiger partial charge in [-0.05, 0) is 168 Å². The van der Waals surface area contributed by atoms with E-state index in [1.54, 1.807) is 48.2 Å². The number of carbonyl (C=O) groups excluding carboxylic acids is 2. The number of pyridine rings is 2. The zero-order valence-electron chi connectivity index (χ0n) is 40.3. The number of amides is 2. The standard InChI is InChI=1S/C58H54N12O2/c1-65(35-11-43-69-41-5-3-13-55(69)63-61-51-23-19-47(20-24-51)59-49-27-31-53(32-28-49)67-37-7-8-38-67)57(71)45-15-17-46(18-16-45)58(72)66(2)36-12-44-70-42-6-4-14-56(70)64-62-52-25-21-48(22-26-52)60-50-29-33-54(34-30-50)68-39-9-10-40-68/h3-10,13-34,37-42H,11-12,35-36,43-44H2,1-2H3/p+2. The highest BCUT2D eigenvalue weighted by atomic mass is 16.2. The maximum Gasteiger partial charge on any atom is 0.350 e. The van der Waals surface area contributed by atoms with Gasteiger partial charge in [0, 0.05) is 122 Å². The van der Waals surface area contributed by atoms with E-state index in [9.17, 15) is 9.59 Å². The van der Waals surface area contributed by atoms with Crippen LogP contribution in [0.3, 0.4) is 0 Å². The Morgan fingerprint density at radius 1 is 0.431 bits per heavy atom. The molecule has 9 rings (SSSR count). The first kappa shape index (κ1) is 47.8. The molecule has 0 fully saturated rings. The highest BCUT2D eigenvalue weighted by Gasteiger charge is 2.17. The van der Waals surface area contributed by atoms with E-state index in [0.29, 0.717) is 61.8 Å². The molecule has 0 aliphatic heterocycles. The molecule has 4 heterocycles. The van der Waals surface area contributed by atoms with Crippen molar-refractivity contribution in [3.05, 3.63) is 230 Å². The van der Waals surface area contributed by atoms with Gasteiger partial charge in [-0.3, -0.25) is 9.59 Å². The van der Waals surface area contributed by atoms with Gasteiger partial charge >= 0.3 is 11.6 Å². The van der Waals surface area contributed by atoms with E-state index < -0.39 is 0 Å². The Morgan fingerprint density at radius 2 is 0.778 bits per heavy atom. The highest BCUT2D eigenvalue weighted by Crippen LogP contribution is 2.25. The normalized spacial score (nSPS) is 11.2. The van der Waals surface area contributed by atoms with E-state index >= 15 is 0 Å². The van der Waals surface area contributed by atoms with Gasteiger partial charge in [0.1, 0.15) is 11.4 Å². The second-order valence-corrected chi connectivity index (χ2v) is 17.3. The van der Waals surface area contributed by atoms with Crippen LogP contribution in [0.1, 0.15) is 33.6 Å². The van der Waals surface area contributed by atoms with Gasteiger partial charge in [-0.1, -0.05) is 12.1 Å². The third kappa shape index (κ3) is 12.7. The summed E-state index contributed by atoms with van der Waals surface area (Å²) in [5.74, 6) is 1.21. The number of nitrogens with one attached hydrogen (secondary N) is 2. The lowest BCUT2D eigenvalue weighted by Gasteiger charge is -2.18. The Labute approximate surface area is 419 Å². The average Bonchev–Trinajstić information content (AvgIpc) is 4.18. The molecule has 0 bridgehead atoms. The summed E-state index contributed by atoms with van der Waals surface area (Å²) >= 11 is 0. The van der Waals surface area contributed by atoms with E-state index in [2.05, 4.69) is 88.8 Å². The number of rotatable bonds is 20. The lowest BCUT2D eigenvalue weighted by atomic mass is 10.1. The zero-order chi connectivity index (χ0) is 49.5. The van der Waals surface area contributed by atoms with Crippen molar-refractivity contribution in [1.82, 2.24) is 18.9 Å². The topological polar surface area (TPSA) is 132 Å². The Kier molecular flexibility index (Phi) is 15.5. The number of benzene rings is 5. The molecule has 358 valence electrons. The van der Waals surface area contributed by atoms with Crippen molar-refractivity contribution in [2.45, 2.75) is 25.9 Å².